The number of ether oxygens (including phenoxy) is 1. The number of amides is 1. The molecule has 0 fully saturated rings. The third-order valence-corrected chi connectivity index (χ3v) is 5.42. The van der Waals surface area contributed by atoms with Crippen molar-refractivity contribution in [3.8, 4) is 16.9 Å². The Kier molecular flexibility index (Phi) is 5.26. The summed E-state index contributed by atoms with van der Waals surface area (Å²) in [5, 5.41) is 16.0. The summed E-state index contributed by atoms with van der Waals surface area (Å²) in [4.78, 5) is 12.9. The highest BCUT2D eigenvalue weighted by Crippen LogP contribution is 2.29. The number of aromatic nitrogens is 4. The van der Waals surface area contributed by atoms with Crippen molar-refractivity contribution < 1.29 is 9.53 Å². The Hall–Kier alpha value is -3.26. The Morgan fingerprint density at radius 2 is 1.80 bits per heavy atom. The van der Waals surface area contributed by atoms with Crippen molar-refractivity contribution in [2.75, 3.05) is 12.4 Å². The minimum atomic E-state index is -0.371. The van der Waals surface area contributed by atoms with Crippen molar-refractivity contribution in [3.05, 3.63) is 69.6 Å². The van der Waals surface area contributed by atoms with Crippen molar-refractivity contribution in [2.24, 2.45) is 0 Å². The number of halogens is 1. The SMILES string of the molecule is COc1ccc(C)cc1NC(=O)c1nnc2c(-c3ccc(Br)cc3)c(C)nn2c1C. The molecule has 0 aliphatic rings. The fourth-order valence-electron chi connectivity index (χ4n) is 3.38. The first-order valence-corrected chi connectivity index (χ1v) is 10.1. The van der Waals surface area contributed by atoms with E-state index in [0.29, 0.717) is 22.8 Å². The molecule has 7 nitrogen and oxygen atoms in total. The summed E-state index contributed by atoms with van der Waals surface area (Å²) in [6.45, 7) is 5.67. The molecule has 8 heteroatoms. The molecule has 0 saturated heterocycles. The largest absolute Gasteiger partial charge is 0.495 e. The average Bonchev–Trinajstić information content (AvgIpc) is 3.06. The van der Waals surface area contributed by atoms with Crippen molar-refractivity contribution in [2.45, 2.75) is 20.8 Å². The molecule has 0 radical (unpaired) electrons. The Morgan fingerprint density at radius 3 is 2.50 bits per heavy atom. The number of fused-ring (bicyclic) bond motifs is 1. The number of carbonyl (C=O) groups is 1. The second kappa shape index (κ2) is 7.87. The zero-order valence-electron chi connectivity index (χ0n) is 17.0. The predicted molar refractivity (Wildman–Crippen MR) is 119 cm³/mol. The van der Waals surface area contributed by atoms with E-state index in [4.69, 9.17) is 4.74 Å². The lowest BCUT2D eigenvalue weighted by molar-refractivity contribution is 0.101. The first-order chi connectivity index (χ1) is 14.4. The van der Waals surface area contributed by atoms with Gasteiger partial charge in [-0.2, -0.15) is 5.10 Å². The second-order valence-electron chi connectivity index (χ2n) is 6.99. The smallest absolute Gasteiger partial charge is 0.278 e. The lowest BCUT2D eigenvalue weighted by Gasteiger charge is -2.11. The van der Waals surface area contributed by atoms with E-state index in [2.05, 4.69) is 36.5 Å². The molecule has 0 atom stereocenters. The number of nitrogens with zero attached hydrogens (tertiary/aromatic N) is 4. The molecule has 2 aromatic heterocycles. The molecule has 0 aliphatic heterocycles. The van der Waals surface area contributed by atoms with Crippen LogP contribution in [0, 0.1) is 20.8 Å². The van der Waals surface area contributed by atoms with Crippen LogP contribution in [0.15, 0.2) is 46.9 Å². The molecule has 0 aliphatic carbocycles. The number of rotatable bonds is 4. The summed E-state index contributed by atoms with van der Waals surface area (Å²) < 4.78 is 8.00. The Balaban J connectivity index is 1.75. The molecule has 0 spiro atoms. The molecule has 2 aromatic carbocycles. The molecule has 30 heavy (non-hydrogen) atoms. The summed E-state index contributed by atoms with van der Waals surface area (Å²) in [6, 6.07) is 13.5. The molecule has 0 bridgehead atoms. The Bertz CT molecular complexity index is 1260. The fourth-order valence-corrected chi connectivity index (χ4v) is 3.64. The lowest BCUT2D eigenvalue weighted by Crippen LogP contribution is -2.19. The number of aryl methyl sites for hydroxylation is 3. The Labute approximate surface area is 182 Å². The maximum atomic E-state index is 12.9. The van der Waals surface area contributed by atoms with Crippen LogP contribution in [0.25, 0.3) is 16.8 Å². The van der Waals surface area contributed by atoms with Crippen LogP contribution in [0.3, 0.4) is 0 Å². The van der Waals surface area contributed by atoms with Gasteiger partial charge in [0.15, 0.2) is 11.3 Å². The Morgan fingerprint density at radius 1 is 1.07 bits per heavy atom. The first-order valence-electron chi connectivity index (χ1n) is 9.33. The predicted octanol–water partition coefficient (Wildman–Crippen LogP) is 4.74. The second-order valence-corrected chi connectivity index (χ2v) is 7.91. The highest BCUT2D eigenvalue weighted by molar-refractivity contribution is 9.10. The standard InChI is InChI=1S/C22H20BrN5O2/c1-12-5-10-18(30-4)17(11-12)24-22(29)20-14(3)28-21(26-25-20)19(13(2)27-28)15-6-8-16(23)9-7-15/h5-11H,1-4H3,(H,24,29). The maximum Gasteiger partial charge on any atom is 0.278 e. The number of methoxy groups -OCH3 is 1. The number of benzene rings is 2. The van der Waals surface area contributed by atoms with Crippen molar-refractivity contribution in [1.82, 2.24) is 19.8 Å². The summed E-state index contributed by atoms with van der Waals surface area (Å²) >= 11 is 3.45. The van der Waals surface area contributed by atoms with Gasteiger partial charge in [0, 0.05) is 4.47 Å². The molecule has 4 rings (SSSR count). The van der Waals surface area contributed by atoms with E-state index < -0.39 is 0 Å². The molecule has 2 heterocycles. The van der Waals surface area contributed by atoms with E-state index in [9.17, 15) is 4.79 Å². The van der Waals surface area contributed by atoms with Gasteiger partial charge in [-0.05, 0) is 56.2 Å². The summed E-state index contributed by atoms with van der Waals surface area (Å²) in [5.41, 5.74) is 5.70. The van der Waals surface area contributed by atoms with Gasteiger partial charge in [0.1, 0.15) is 5.75 Å². The van der Waals surface area contributed by atoms with Crippen LogP contribution < -0.4 is 10.1 Å². The molecular formula is C22H20BrN5O2. The summed E-state index contributed by atoms with van der Waals surface area (Å²) in [5.74, 6) is 0.206. The molecule has 1 N–H and O–H groups in total. The zero-order chi connectivity index (χ0) is 21.4. The van der Waals surface area contributed by atoms with Crippen LogP contribution in [0.2, 0.25) is 0 Å². The molecule has 0 unspecified atom stereocenters. The van der Waals surface area contributed by atoms with E-state index in [-0.39, 0.29) is 11.6 Å². The molecule has 152 valence electrons. The van der Waals surface area contributed by atoms with Gasteiger partial charge < -0.3 is 10.1 Å². The topological polar surface area (TPSA) is 81.4 Å². The quantitative estimate of drug-likeness (QED) is 0.470. The van der Waals surface area contributed by atoms with Crippen LogP contribution in [-0.4, -0.2) is 32.8 Å². The normalized spacial score (nSPS) is 11.0. The number of carbonyl (C=O) groups excluding carboxylic acids is 1. The van der Waals surface area contributed by atoms with E-state index >= 15 is 0 Å². The highest BCUT2D eigenvalue weighted by atomic mass is 79.9. The van der Waals surface area contributed by atoms with Gasteiger partial charge in [-0.1, -0.05) is 34.1 Å². The third kappa shape index (κ3) is 3.54. The number of anilines is 1. The van der Waals surface area contributed by atoms with Crippen molar-refractivity contribution in [1.29, 1.82) is 0 Å². The number of nitrogens with one attached hydrogen (secondary N) is 1. The van der Waals surface area contributed by atoms with E-state index in [1.165, 1.54) is 0 Å². The number of hydrogen-bond donors (Lipinski definition) is 1. The lowest BCUT2D eigenvalue weighted by atomic mass is 10.1. The molecule has 0 saturated carbocycles. The molecular weight excluding hydrogens is 446 g/mol. The summed E-state index contributed by atoms with van der Waals surface area (Å²) in [7, 11) is 1.56. The van der Waals surface area contributed by atoms with Crippen LogP contribution in [0.1, 0.15) is 27.4 Å². The van der Waals surface area contributed by atoms with Crippen LogP contribution >= 0.6 is 15.9 Å². The number of hydrogen-bond acceptors (Lipinski definition) is 5. The van der Waals surface area contributed by atoms with Gasteiger partial charge in [0.25, 0.3) is 5.91 Å². The maximum absolute atomic E-state index is 12.9. The van der Waals surface area contributed by atoms with Crippen LogP contribution in [-0.2, 0) is 0 Å². The van der Waals surface area contributed by atoms with Crippen LogP contribution in [0.4, 0.5) is 5.69 Å². The fraction of sp³-hybridized carbons (Fsp3) is 0.182. The highest BCUT2D eigenvalue weighted by Gasteiger charge is 2.21. The van der Waals surface area contributed by atoms with Crippen molar-refractivity contribution in [3.63, 3.8) is 0 Å². The minimum Gasteiger partial charge on any atom is -0.495 e. The van der Waals surface area contributed by atoms with Crippen LogP contribution in [0.5, 0.6) is 5.75 Å². The van der Waals surface area contributed by atoms with Gasteiger partial charge in [-0.15, -0.1) is 10.2 Å². The third-order valence-electron chi connectivity index (χ3n) is 4.89. The monoisotopic (exact) mass is 465 g/mol. The van der Waals surface area contributed by atoms with Crippen molar-refractivity contribution >= 4 is 33.2 Å². The molecule has 4 aromatic rings. The van der Waals surface area contributed by atoms with E-state index in [0.717, 1.165) is 26.9 Å². The van der Waals surface area contributed by atoms with E-state index in [1.54, 1.807) is 11.6 Å². The molecule has 1 amide bonds. The van der Waals surface area contributed by atoms with Gasteiger partial charge >= 0.3 is 0 Å². The van der Waals surface area contributed by atoms with Gasteiger partial charge in [-0.3, -0.25) is 4.79 Å². The first kappa shape index (κ1) is 20.0. The van der Waals surface area contributed by atoms with Gasteiger partial charge in [-0.25, -0.2) is 4.52 Å². The minimum absolute atomic E-state index is 0.205. The van der Waals surface area contributed by atoms with Gasteiger partial charge in [0.2, 0.25) is 0 Å². The average molecular weight is 466 g/mol. The van der Waals surface area contributed by atoms with E-state index in [1.807, 2.05) is 63.2 Å². The van der Waals surface area contributed by atoms with Gasteiger partial charge in [0.05, 0.1) is 29.7 Å². The summed E-state index contributed by atoms with van der Waals surface area (Å²) in [6.07, 6.45) is 0. The zero-order valence-corrected chi connectivity index (χ0v) is 18.6.